The predicted molar refractivity (Wildman–Crippen MR) is 101 cm³/mol. The van der Waals surface area contributed by atoms with Crippen LogP contribution in [-0.2, 0) is 11.3 Å². The Morgan fingerprint density at radius 3 is 2.15 bits per heavy atom. The maximum Gasteiger partial charge on any atom is 0.514 e. The van der Waals surface area contributed by atoms with Gasteiger partial charge in [0.1, 0.15) is 12.4 Å². The highest BCUT2D eigenvalue weighted by atomic mass is 16.7. The fraction of sp³-hybridized carbons (Fsp3) is 0.0435. The molecule has 0 unspecified atom stereocenters. The van der Waals surface area contributed by atoms with Crippen molar-refractivity contribution in [2.45, 2.75) is 6.61 Å². The van der Waals surface area contributed by atoms with Crippen molar-refractivity contribution in [3.05, 3.63) is 102 Å². The molecule has 0 atom stereocenters. The van der Waals surface area contributed by atoms with Gasteiger partial charge in [-0.1, -0.05) is 66.6 Å². The normalized spacial score (nSPS) is 9.63. The lowest BCUT2D eigenvalue weighted by Gasteiger charge is -2.08. The molecule has 0 radical (unpaired) electrons. The fourth-order valence-corrected chi connectivity index (χ4v) is 2.30. The summed E-state index contributed by atoms with van der Waals surface area (Å²) in [5.41, 5.74) is 1.77. The predicted octanol–water partition coefficient (Wildman–Crippen LogP) is 4.64. The first-order valence-electron chi connectivity index (χ1n) is 8.31. The molecule has 0 aliphatic carbocycles. The zero-order chi connectivity index (χ0) is 18.9. The zero-order valence-corrected chi connectivity index (χ0v) is 14.4. The average Bonchev–Trinajstić information content (AvgIpc) is 2.72. The molecule has 4 nitrogen and oxygen atoms in total. The summed E-state index contributed by atoms with van der Waals surface area (Å²) in [4.78, 5) is 24.3. The second kappa shape index (κ2) is 9.02. The summed E-state index contributed by atoms with van der Waals surface area (Å²) in [5.74, 6) is 5.04. The minimum Gasteiger partial charge on any atom is -0.429 e. The van der Waals surface area contributed by atoms with Crippen LogP contribution in [0.2, 0.25) is 0 Å². The number of hydrogen-bond acceptors (Lipinski definition) is 4. The summed E-state index contributed by atoms with van der Waals surface area (Å²) < 4.78 is 10.3. The molecule has 0 aromatic heterocycles. The van der Waals surface area contributed by atoms with Crippen molar-refractivity contribution in [1.29, 1.82) is 0 Å². The molecule has 0 N–H and O–H groups in total. The summed E-state index contributed by atoms with van der Waals surface area (Å²) in [7, 11) is 0. The Hall–Kier alpha value is -3.84. The minimum absolute atomic E-state index is 0.0869. The van der Waals surface area contributed by atoms with Gasteiger partial charge in [-0.3, -0.25) is 4.79 Å². The largest absolute Gasteiger partial charge is 0.514 e. The zero-order valence-electron chi connectivity index (χ0n) is 14.4. The number of carbonyl (C=O) groups excluding carboxylic acids is 2. The van der Waals surface area contributed by atoms with Gasteiger partial charge in [-0.2, -0.15) is 0 Å². The lowest BCUT2D eigenvalue weighted by atomic mass is 10.1. The third kappa shape index (κ3) is 5.32. The van der Waals surface area contributed by atoms with E-state index in [-0.39, 0.29) is 17.9 Å². The molecule has 0 bridgehead atoms. The van der Waals surface area contributed by atoms with Gasteiger partial charge in [0.2, 0.25) is 5.78 Å². The third-order valence-corrected chi connectivity index (χ3v) is 3.62. The summed E-state index contributed by atoms with van der Waals surface area (Å²) in [6, 6.07) is 24.9. The van der Waals surface area contributed by atoms with E-state index in [1.54, 1.807) is 18.2 Å². The first-order valence-corrected chi connectivity index (χ1v) is 8.31. The highest BCUT2D eigenvalue weighted by Gasteiger charge is 2.14. The Morgan fingerprint density at radius 2 is 1.41 bits per heavy atom. The number of carbonyl (C=O) groups is 2. The Bertz CT molecular complexity index is 983. The van der Waals surface area contributed by atoms with Gasteiger partial charge in [-0.15, -0.1) is 0 Å². The average molecular weight is 356 g/mol. The van der Waals surface area contributed by atoms with Crippen LogP contribution >= 0.6 is 0 Å². The van der Waals surface area contributed by atoms with Crippen LogP contribution in [-0.4, -0.2) is 11.9 Å². The smallest absolute Gasteiger partial charge is 0.429 e. The van der Waals surface area contributed by atoms with Crippen LogP contribution in [0, 0.1) is 11.8 Å². The molecule has 3 aromatic carbocycles. The Kier molecular flexibility index (Phi) is 6.00. The van der Waals surface area contributed by atoms with Crippen LogP contribution in [0.5, 0.6) is 5.75 Å². The number of ketones is 1. The molecular formula is C23H16O4. The Balaban J connectivity index is 1.67. The van der Waals surface area contributed by atoms with E-state index in [9.17, 15) is 9.59 Å². The van der Waals surface area contributed by atoms with Crippen LogP contribution in [0.3, 0.4) is 0 Å². The molecule has 0 amide bonds. The van der Waals surface area contributed by atoms with E-state index in [4.69, 9.17) is 9.47 Å². The number of benzene rings is 3. The second-order valence-corrected chi connectivity index (χ2v) is 5.57. The molecule has 0 saturated heterocycles. The van der Waals surface area contributed by atoms with Gasteiger partial charge in [0.05, 0.1) is 5.56 Å². The number of Topliss-reactive ketones (excluding diaryl/α,β-unsaturated/α-hetero) is 1. The van der Waals surface area contributed by atoms with E-state index in [1.165, 1.54) is 6.07 Å². The van der Waals surface area contributed by atoms with Crippen LogP contribution in [0.4, 0.5) is 4.79 Å². The fourth-order valence-electron chi connectivity index (χ4n) is 2.30. The van der Waals surface area contributed by atoms with Gasteiger partial charge < -0.3 is 9.47 Å². The lowest BCUT2D eigenvalue weighted by Crippen LogP contribution is -2.12. The van der Waals surface area contributed by atoms with Gasteiger partial charge in [0.25, 0.3) is 0 Å². The maximum absolute atomic E-state index is 12.4. The van der Waals surface area contributed by atoms with Crippen molar-refractivity contribution in [3.63, 3.8) is 0 Å². The highest BCUT2D eigenvalue weighted by molar-refractivity contribution is 6.11. The van der Waals surface area contributed by atoms with Crippen molar-refractivity contribution in [2.75, 3.05) is 0 Å². The van der Waals surface area contributed by atoms with E-state index in [2.05, 4.69) is 11.8 Å². The van der Waals surface area contributed by atoms with Crippen molar-refractivity contribution in [2.24, 2.45) is 0 Å². The molecule has 4 heteroatoms. The van der Waals surface area contributed by atoms with Crippen LogP contribution < -0.4 is 4.74 Å². The minimum atomic E-state index is -0.880. The topological polar surface area (TPSA) is 52.6 Å². The van der Waals surface area contributed by atoms with Gasteiger partial charge in [-0.25, -0.2) is 4.79 Å². The summed E-state index contributed by atoms with van der Waals surface area (Å²) >= 11 is 0. The first kappa shape index (κ1) is 18.0. The third-order valence-electron chi connectivity index (χ3n) is 3.62. The van der Waals surface area contributed by atoms with Crippen molar-refractivity contribution < 1.29 is 19.1 Å². The molecule has 0 saturated carbocycles. The summed E-state index contributed by atoms with van der Waals surface area (Å²) in [6.45, 7) is 0.0869. The summed E-state index contributed by atoms with van der Waals surface area (Å²) in [5, 5.41) is 0. The van der Waals surface area contributed by atoms with E-state index in [1.807, 2.05) is 60.7 Å². The molecule has 3 rings (SSSR count). The quantitative estimate of drug-likeness (QED) is 0.296. The van der Waals surface area contributed by atoms with Gasteiger partial charge >= 0.3 is 6.16 Å². The molecular weight excluding hydrogens is 340 g/mol. The van der Waals surface area contributed by atoms with Crippen LogP contribution in [0.15, 0.2) is 84.9 Å². The molecule has 0 heterocycles. The van der Waals surface area contributed by atoms with Crippen LogP contribution in [0.1, 0.15) is 21.5 Å². The van der Waals surface area contributed by atoms with Crippen molar-refractivity contribution in [1.82, 2.24) is 0 Å². The number of rotatable bonds is 4. The Morgan fingerprint density at radius 1 is 0.778 bits per heavy atom. The molecule has 3 aromatic rings. The first-order chi connectivity index (χ1) is 13.2. The maximum atomic E-state index is 12.4. The molecule has 132 valence electrons. The van der Waals surface area contributed by atoms with E-state index >= 15 is 0 Å². The molecule has 0 aliphatic heterocycles. The van der Waals surface area contributed by atoms with Crippen LogP contribution in [0.25, 0.3) is 0 Å². The SMILES string of the molecule is O=C(OCc1ccccc1)Oc1ccccc1C(=O)C#Cc1ccccc1. The van der Waals surface area contributed by atoms with E-state index < -0.39 is 11.9 Å². The van der Waals surface area contributed by atoms with Gasteiger partial charge in [0, 0.05) is 5.56 Å². The van der Waals surface area contributed by atoms with Crippen molar-refractivity contribution >= 4 is 11.9 Å². The second-order valence-electron chi connectivity index (χ2n) is 5.57. The Labute approximate surface area is 157 Å². The monoisotopic (exact) mass is 356 g/mol. The van der Waals surface area contributed by atoms with E-state index in [0.717, 1.165) is 11.1 Å². The van der Waals surface area contributed by atoms with Gasteiger partial charge in [0.15, 0.2) is 0 Å². The standard InChI is InChI=1S/C23H16O4/c24-21(16-15-18-9-3-1-4-10-18)20-13-7-8-14-22(20)27-23(25)26-17-19-11-5-2-6-12-19/h1-14H,17H2. The molecule has 27 heavy (non-hydrogen) atoms. The van der Waals surface area contributed by atoms with E-state index in [0.29, 0.717) is 0 Å². The lowest BCUT2D eigenvalue weighted by molar-refractivity contribution is 0.0918. The van der Waals surface area contributed by atoms with Crippen molar-refractivity contribution in [3.8, 4) is 17.6 Å². The van der Waals surface area contributed by atoms with Gasteiger partial charge in [-0.05, 0) is 35.7 Å². The molecule has 0 spiro atoms. The number of ether oxygens (including phenoxy) is 2. The summed E-state index contributed by atoms with van der Waals surface area (Å²) in [6.07, 6.45) is -0.880. The molecule has 0 aliphatic rings. The number of hydrogen-bond donors (Lipinski definition) is 0. The number of para-hydroxylation sites is 1. The molecule has 0 fully saturated rings. The highest BCUT2D eigenvalue weighted by Crippen LogP contribution is 2.19.